The molecule has 1 amide bonds. The van der Waals surface area contributed by atoms with Crippen LogP contribution in [0.3, 0.4) is 0 Å². The van der Waals surface area contributed by atoms with Gasteiger partial charge in [0.25, 0.3) is 5.91 Å². The second kappa shape index (κ2) is 6.68. The molecule has 1 aromatic heterocycles. The summed E-state index contributed by atoms with van der Waals surface area (Å²) in [5.74, 6) is 1.87. The lowest BCUT2D eigenvalue weighted by Crippen LogP contribution is -2.38. The molecule has 0 spiro atoms. The molecule has 0 N–H and O–H groups in total. The predicted octanol–water partition coefficient (Wildman–Crippen LogP) is 3.32. The molecule has 0 atom stereocenters. The SMILES string of the molecule is COc1ccc(-c2noc(CN3C(=O)COc4cc(Cl)ccc43)n2)cc1. The Morgan fingerprint density at radius 2 is 2.04 bits per heavy atom. The summed E-state index contributed by atoms with van der Waals surface area (Å²) in [6.45, 7) is 0.0901. The first kappa shape index (κ1) is 16.4. The summed E-state index contributed by atoms with van der Waals surface area (Å²) in [5.41, 5.74) is 1.41. The Balaban J connectivity index is 1.58. The van der Waals surface area contributed by atoms with Crippen molar-refractivity contribution in [3.8, 4) is 22.9 Å². The van der Waals surface area contributed by atoms with E-state index in [0.29, 0.717) is 28.2 Å². The Labute approximate surface area is 154 Å². The van der Waals surface area contributed by atoms with Gasteiger partial charge in [0, 0.05) is 16.7 Å². The number of rotatable bonds is 4. The molecule has 4 rings (SSSR count). The van der Waals surface area contributed by atoms with Gasteiger partial charge in [-0.3, -0.25) is 9.69 Å². The molecule has 0 radical (unpaired) electrons. The van der Waals surface area contributed by atoms with Crippen molar-refractivity contribution >= 4 is 23.2 Å². The van der Waals surface area contributed by atoms with E-state index in [9.17, 15) is 4.79 Å². The zero-order valence-electron chi connectivity index (χ0n) is 13.8. The van der Waals surface area contributed by atoms with E-state index in [-0.39, 0.29) is 19.1 Å². The van der Waals surface area contributed by atoms with Crippen LogP contribution >= 0.6 is 11.6 Å². The molecule has 0 aliphatic carbocycles. The maximum Gasteiger partial charge on any atom is 0.265 e. The summed E-state index contributed by atoms with van der Waals surface area (Å²) < 4.78 is 15.9. The van der Waals surface area contributed by atoms with Crippen LogP contribution in [0.25, 0.3) is 11.4 Å². The van der Waals surface area contributed by atoms with Crippen molar-refractivity contribution in [3.63, 3.8) is 0 Å². The van der Waals surface area contributed by atoms with E-state index >= 15 is 0 Å². The minimum absolute atomic E-state index is 0.0627. The van der Waals surface area contributed by atoms with Crippen LogP contribution in [0.1, 0.15) is 5.89 Å². The van der Waals surface area contributed by atoms with Crippen LogP contribution < -0.4 is 14.4 Å². The van der Waals surface area contributed by atoms with E-state index in [0.717, 1.165) is 11.3 Å². The summed E-state index contributed by atoms with van der Waals surface area (Å²) >= 11 is 5.98. The lowest BCUT2D eigenvalue weighted by atomic mass is 10.2. The van der Waals surface area contributed by atoms with Crippen molar-refractivity contribution in [2.24, 2.45) is 0 Å². The van der Waals surface area contributed by atoms with Crippen LogP contribution in [-0.4, -0.2) is 29.8 Å². The highest BCUT2D eigenvalue weighted by molar-refractivity contribution is 6.30. The summed E-state index contributed by atoms with van der Waals surface area (Å²) in [6.07, 6.45) is 0. The molecule has 0 unspecified atom stereocenters. The van der Waals surface area contributed by atoms with Gasteiger partial charge in [0.05, 0.1) is 12.8 Å². The first-order valence-electron chi connectivity index (χ1n) is 7.84. The molecule has 0 bridgehead atoms. The van der Waals surface area contributed by atoms with E-state index in [1.165, 1.54) is 0 Å². The van der Waals surface area contributed by atoms with Crippen molar-refractivity contribution in [1.29, 1.82) is 0 Å². The van der Waals surface area contributed by atoms with Crippen molar-refractivity contribution in [1.82, 2.24) is 10.1 Å². The maximum absolute atomic E-state index is 12.3. The van der Waals surface area contributed by atoms with Crippen LogP contribution in [0.2, 0.25) is 5.02 Å². The van der Waals surface area contributed by atoms with Crippen LogP contribution in [0, 0.1) is 0 Å². The molecular formula is C18H14ClN3O4. The number of fused-ring (bicyclic) bond motifs is 1. The molecule has 3 aromatic rings. The van der Waals surface area contributed by atoms with Gasteiger partial charge in [0.2, 0.25) is 11.7 Å². The molecule has 0 saturated carbocycles. The largest absolute Gasteiger partial charge is 0.497 e. The smallest absolute Gasteiger partial charge is 0.265 e. The fraction of sp³-hybridized carbons (Fsp3) is 0.167. The quantitative estimate of drug-likeness (QED) is 0.700. The minimum Gasteiger partial charge on any atom is -0.497 e. The molecule has 2 heterocycles. The van der Waals surface area contributed by atoms with Crippen LogP contribution in [0.15, 0.2) is 47.0 Å². The second-order valence-corrected chi connectivity index (χ2v) is 6.06. The average Bonchev–Trinajstić information content (AvgIpc) is 3.13. The summed E-state index contributed by atoms with van der Waals surface area (Å²) in [4.78, 5) is 18.2. The summed E-state index contributed by atoms with van der Waals surface area (Å²) in [5, 5.41) is 4.52. The zero-order chi connectivity index (χ0) is 18.1. The highest BCUT2D eigenvalue weighted by Gasteiger charge is 2.27. The lowest BCUT2D eigenvalue weighted by molar-refractivity contribution is -0.121. The van der Waals surface area contributed by atoms with Gasteiger partial charge in [-0.2, -0.15) is 4.98 Å². The number of carbonyl (C=O) groups is 1. The number of hydrogen-bond acceptors (Lipinski definition) is 6. The number of halogens is 1. The average molecular weight is 372 g/mol. The standard InChI is InChI=1S/C18H14ClN3O4/c1-24-13-5-2-11(3-6-13)18-20-16(26-21-18)9-22-14-7-4-12(19)8-15(14)25-10-17(22)23/h2-8H,9-10H2,1H3. The normalized spacial score (nSPS) is 13.3. The highest BCUT2D eigenvalue weighted by atomic mass is 35.5. The number of ether oxygens (including phenoxy) is 2. The Bertz CT molecular complexity index is 955. The number of benzene rings is 2. The van der Waals surface area contributed by atoms with Gasteiger partial charge in [0.15, 0.2) is 6.61 Å². The first-order valence-corrected chi connectivity index (χ1v) is 8.21. The fourth-order valence-electron chi connectivity index (χ4n) is 2.66. The first-order chi connectivity index (χ1) is 12.6. The van der Waals surface area contributed by atoms with Gasteiger partial charge in [0.1, 0.15) is 18.0 Å². The number of anilines is 1. The third kappa shape index (κ3) is 3.09. The van der Waals surface area contributed by atoms with Crippen LogP contribution in [0.4, 0.5) is 5.69 Å². The summed E-state index contributed by atoms with van der Waals surface area (Å²) in [6, 6.07) is 12.4. The van der Waals surface area contributed by atoms with E-state index < -0.39 is 0 Å². The molecule has 8 heteroatoms. The van der Waals surface area contributed by atoms with Crippen LogP contribution in [-0.2, 0) is 11.3 Å². The van der Waals surface area contributed by atoms with Crippen LogP contribution in [0.5, 0.6) is 11.5 Å². The molecule has 7 nitrogen and oxygen atoms in total. The summed E-state index contributed by atoms with van der Waals surface area (Å²) in [7, 11) is 1.60. The molecule has 1 aliphatic rings. The molecule has 2 aromatic carbocycles. The molecule has 26 heavy (non-hydrogen) atoms. The zero-order valence-corrected chi connectivity index (χ0v) is 14.6. The molecule has 1 aliphatic heterocycles. The number of amides is 1. The maximum atomic E-state index is 12.3. The van der Waals surface area contributed by atoms with Crippen molar-refractivity contribution in [2.45, 2.75) is 6.54 Å². The van der Waals surface area contributed by atoms with Crippen molar-refractivity contribution in [3.05, 3.63) is 53.4 Å². The molecule has 0 saturated heterocycles. The van der Waals surface area contributed by atoms with Gasteiger partial charge >= 0.3 is 0 Å². The molecular weight excluding hydrogens is 358 g/mol. The van der Waals surface area contributed by atoms with Gasteiger partial charge < -0.3 is 14.0 Å². The fourth-order valence-corrected chi connectivity index (χ4v) is 2.83. The molecule has 0 fully saturated rings. The minimum atomic E-state index is -0.191. The Morgan fingerprint density at radius 3 is 2.81 bits per heavy atom. The second-order valence-electron chi connectivity index (χ2n) is 5.62. The van der Waals surface area contributed by atoms with E-state index in [1.54, 1.807) is 30.2 Å². The molecule has 132 valence electrons. The number of hydrogen-bond donors (Lipinski definition) is 0. The third-order valence-corrected chi connectivity index (χ3v) is 4.21. The Morgan fingerprint density at radius 1 is 1.23 bits per heavy atom. The Kier molecular flexibility index (Phi) is 4.22. The lowest BCUT2D eigenvalue weighted by Gasteiger charge is -2.28. The van der Waals surface area contributed by atoms with Gasteiger partial charge in [-0.05, 0) is 36.4 Å². The monoisotopic (exact) mass is 371 g/mol. The van der Waals surface area contributed by atoms with Gasteiger partial charge in [-0.1, -0.05) is 16.8 Å². The van der Waals surface area contributed by atoms with Crippen molar-refractivity contribution < 1.29 is 18.8 Å². The number of carbonyl (C=O) groups excluding carboxylic acids is 1. The third-order valence-electron chi connectivity index (χ3n) is 3.97. The topological polar surface area (TPSA) is 77.7 Å². The van der Waals surface area contributed by atoms with E-state index in [4.69, 9.17) is 25.6 Å². The highest BCUT2D eigenvalue weighted by Crippen LogP contribution is 2.35. The van der Waals surface area contributed by atoms with E-state index in [1.807, 2.05) is 24.3 Å². The van der Waals surface area contributed by atoms with Gasteiger partial charge in [-0.15, -0.1) is 0 Å². The number of aromatic nitrogens is 2. The number of nitrogens with zero attached hydrogens (tertiary/aromatic N) is 3. The van der Waals surface area contributed by atoms with E-state index in [2.05, 4.69) is 10.1 Å². The Hall–Kier alpha value is -3.06. The van der Waals surface area contributed by atoms with Crippen molar-refractivity contribution in [2.75, 3.05) is 18.6 Å². The number of methoxy groups -OCH3 is 1. The predicted molar refractivity (Wildman–Crippen MR) is 94.4 cm³/mol. The van der Waals surface area contributed by atoms with Gasteiger partial charge in [-0.25, -0.2) is 0 Å².